The van der Waals surface area contributed by atoms with Crippen LogP contribution in [0.4, 0.5) is 45.5 Å². The minimum atomic E-state index is -0.320. The number of anilines is 8. The van der Waals surface area contributed by atoms with E-state index in [1.54, 1.807) is 0 Å². The number of nitrogens with zero attached hydrogens (tertiary/aromatic N) is 3. The third-order valence-electron chi connectivity index (χ3n) is 16.7. The van der Waals surface area contributed by atoms with Crippen LogP contribution in [0.15, 0.2) is 176 Å². The minimum Gasteiger partial charge on any atom is -0.334 e. The molecule has 0 saturated heterocycles. The highest BCUT2D eigenvalue weighted by Crippen LogP contribution is 2.63. The van der Waals surface area contributed by atoms with Crippen LogP contribution in [-0.4, -0.2) is 12.3 Å². The number of benzene rings is 8. The van der Waals surface area contributed by atoms with Gasteiger partial charge in [-0.2, -0.15) is 0 Å². The lowest BCUT2D eigenvalue weighted by Crippen LogP contribution is -2.62. The lowest BCUT2D eigenvalue weighted by molar-refractivity contribution is 0.281. The quantitative estimate of drug-likeness (QED) is 0.163. The van der Waals surface area contributed by atoms with Gasteiger partial charge in [-0.1, -0.05) is 178 Å². The average molecular weight is 912 g/mol. The molecule has 0 aromatic heterocycles. The highest BCUT2D eigenvalue weighted by Gasteiger charge is 2.62. The summed E-state index contributed by atoms with van der Waals surface area (Å²) in [4.78, 5) is 7.95. The molecule has 348 valence electrons. The molecule has 0 fully saturated rings. The minimum absolute atomic E-state index is 0.00217. The summed E-state index contributed by atoms with van der Waals surface area (Å²) < 4.78 is 0. The Labute approximate surface area is 417 Å². The summed E-state index contributed by atoms with van der Waals surface area (Å²) in [5.74, 6) is 0. The van der Waals surface area contributed by atoms with Gasteiger partial charge in [0.15, 0.2) is 0 Å². The van der Waals surface area contributed by atoms with Crippen molar-refractivity contribution in [2.45, 2.75) is 116 Å². The summed E-state index contributed by atoms with van der Waals surface area (Å²) in [6, 6.07) is 68.5. The Bertz CT molecular complexity index is 3380. The summed E-state index contributed by atoms with van der Waals surface area (Å²) in [7, 11) is 0. The van der Waals surface area contributed by atoms with E-state index < -0.39 is 0 Å². The van der Waals surface area contributed by atoms with E-state index in [1.165, 1.54) is 106 Å². The summed E-state index contributed by atoms with van der Waals surface area (Å²) in [5.41, 5.74) is 24.2. The Balaban J connectivity index is 1.14. The van der Waals surface area contributed by atoms with Crippen LogP contribution in [0.25, 0.3) is 0 Å². The molecule has 2 unspecified atom stereocenters. The molecule has 12 rings (SSSR count). The van der Waals surface area contributed by atoms with Gasteiger partial charge in [-0.05, 0) is 164 Å². The van der Waals surface area contributed by atoms with E-state index in [1.807, 2.05) is 0 Å². The molecule has 8 aromatic rings. The van der Waals surface area contributed by atoms with Crippen molar-refractivity contribution in [3.8, 4) is 0 Å². The fourth-order valence-electron chi connectivity index (χ4n) is 13.1. The highest BCUT2D eigenvalue weighted by molar-refractivity contribution is 7.00. The molecule has 0 spiro atoms. The molecule has 4 aliphatic rings. The predicted molar refractivity (Wildman–Crippen MR) is 299 cm³/mol. The van der Waals surface area contributed by atoms with E-state index >= 15 is 0 Å². The summed E-state index contributed by atoms with van der Waals surface area (Å²) in [5, 5.41) is 0. The standard InChI is InChI=1S/C66H66BN3/c1-43-36-59-61-60(37-43)69(51-25-19-24-48(38-51)63(5,6)7)57-39-49(64(8,9)10)30-34-54(57)67(61)55-35-33-52(40-58(55)68(59)50-31-28-46(29-32-50)62(2,3)4)70-56-27-18-17-26-53(56)66(47-22-13-12-14-23-47)42-45-21-16-15-20-44(45)41-65(66,70)11/h12-40H,41-42H2,1-11H3. The first-order valence-electron chi connectivity index (χ1n) is 25.6. The molecule has 8 aromatic carbocycles. The molecule has 0 bridgehead atoms. The molecule has 3 aliphatic heterocycles. The van der Waals surface area contributed by atoms with E-state index in [2.05, 4.69) is 267 Å². The number of rotatable bonds is 4. The van der Waals surface area contributed by atoms with Gasteiger partial charge in [0.2, 0.25) is 0 Å². The molecular formula is C66H66BN3. The third-order valence-corrected chi connectivity index (χ3v) is 16.7. The fraction of sp³-hybridized carbons (Fsp3) is 0.273. The molecular weight excluding hydrogens is 846 g/mol. The largest absolute Gasteiger partial charge is 0.334 e. The number of fused-ring (bicyclic) bond motifs is 8. The van der Waals surface area contributed by atoms with Gasteiger partial charge < -0.3 is 14.7 Å². The van der Waals surface area contributed by atoms with Crippen molar-refractivity contribution in [2.75, 3.05) is 14.7 Å². The molecule has 0 radical (unpaired) electrons. The van der Waals surface area contributed by atoms with Crippen LogP contribution >= 0.6 is 0 Å². The van der Waals surface area contributed by atoms with Crippen molar-refractivity contribution in [3.63, 3.8) is 0 Å². The smallest absolute Gasteiger partial charge is 0.252 e. The number of para-hydroxylation sites is 1. The van der Waals surface area contributed by atoms with E-state index in [0.717, 1.165) is 12.8 Å². The monoisotopic (exact) mass is 912 g/mol. The fourth-order valence-corrected chi connectivity index (χ4v) is 13.1. The molecule has 3 nitrogen and oxygen atoms in total. The first kappa shape index (κ1) is 44.4. The molecule has 3 heterocycles. The second kappa shape index (κ2) is 15.4. The maximum absolute atomic E-state index is 2.75. The van der Waals surface area contributed by atoms with Crippen LogP contribution in [0, 0.1) is 6.92 Å². The molecule has 1 aliphatic carbocycles. The van der Waals surface area contributed by atoms with Gasteiger partial charge in [-0.15, -0.1) is 0 Å². The van der Waals surface area contributed by atoms with Gasteiger partial charge in [-0.3, -0.25) is 0 Å². The summed E-state index contributed by atoms with van der Waals surface area (Å²) in [6.07, 6.45) is 1.86. The number of hydrogen-bond donors (Lipinski definition) is 0. The van der Waals surface area contributed by atoms with Gasteiger partial charge in [0, 0.05) is 50.9 Å². The second-order valence-electron chi connectivity index (χ2n) is 24.2. The molecule has 0 saturated carbocycles. The lowest BCUT2D eigenvalue weighted by atomic mass is 9.33. The van der Waals surface area contributed by atoms with Crippen LogP contribution < -0.4 is 31.1 Å². The van der Waals surface area contributed by atoms with Gasteiger partial charge in [0.1, 0.15) is 0 Å². The van der Waals surface area contributed by atoms with Crippen molar-refractivity contribution in [3.05, 3.63) is 220 Å². The SMILES string of the molecule is Cc1cc2c3c(c1)N(c1cccc(C(C)(C)C)c1)c1cc(C(C)(C)C)ccc1B3c1ccc(N3c4ccccc4C4(c5ccccc5)Cc5ccccc5CC34C)cc1N2c1ccc(C(C)(C)C)cc1. The number of hydrogen-bond acceptors (Lipinski definition) is 3. The van der Waals surface area contributed by atoms with Gasteiger partial charge in [0.05, 0.1) is 5.54 Å². The van der Waals surface area contributed by atoms with Crippen molar-refractivity contribution in [1.29, 1.82) is 0 Å². The Morgan fingerprint density at radius 2 is 0.971 bits per heavy atom. The molecule has 0 N–H and O–H groups in total. The van der Waals surface area contributed by atoms with E-state index in [-0.39, 0.29) is 33.9 Å². The lowest BCUT2D eigenvalue weighted by Gasteiger charge is -2.53. The Morgan fingerprint density at radius 1 is 0.429 bits per heavy atom. The topological polar surface area (TPSA) is 9.72 Å². The van der Waals surface area contributed by atoms with E-state index in [0.29, 0.717) is 0 Å². The summed E-state index contributed by atoms with van der Waals surface area (Å²) >= 11 is 0. The Hall–Kier alpha value is -6.78. The average Bonchev–Trinajstić information content (AvgIpc) is 3.56. The maximum atomic E-state index is 2.75. The van der Waals surface area contributed by atoms with Crippen LogP contribution in [0.5, 0.6) is 0 Å². The van der Waals surface area contributed by atoms with Crippen LogP contribution in [-0.2, 0) is 34.5 Å². The third kappa shape index (κ3) is 6.54. The number of aryl methyl sites for hydroxylation is 1. The first-order chi connectivity index (χ1) is 33.4. The molecule has 70 heavy (non-hydrogen) atoms. The van der Waals surface area contributed by atoms with Crippen LogP contribution in [0.2, 0.25) is 0 Å². The zero-order valence-electron chi connectivity index (χ0n) is 43.1. The van der Waals surface area contributed by atoms with Crippen molar-refractivity contribution < 1.29 is 0 Å². The highest BCUT2D eigenvalue weighted by atomic mass is 15.3. The van der Waals surface area contributed by atoms with Crippen molar-refractivity contribution in [2.24, 2.45) is 0 Å². The van der Waals surface area contributed by atoms with E-state index in [9.17, 15) is 0 Å². The molecule has 4 heteroatoms. The predicted octanol–water partition coefficient (Wildman–Crippen LogP) is 15.0. The van der Waals surface area contributed by atoms with Gasteiger partial charge >= 0.3 is 0 Å². The van der Waals surface area contributed by atoms with E-state index in [4.69, 9.17) is 0 Å². The Morgan fingerprint density at radius 3 is 1.64 bits per heavy atom. The summed E-state index contributed by atoms with van der Waals surface area (Å²) in [6.45, 7) is 25.8. The van der Waals surface area contributed by atoms with Crippen molar-refractivity contribution >= 4 is 68.6 Å². The molecule has 0 amide bonds. The van der Waals surface area contributed by atoms with Gasteiger partial charge in [0.25, 0.3) is 6.71 Å². The van der Waals surface area contributed by atoms with Crippen LogP contribution in [0.3, 0.4) is 0 Å². The van der Waals surface area contributed by atoms with Crippen molar-refractivity contribution in [1.82, 2.24) is 0 Å². The van der Waals surface area contributed by atoms with Crippen LogP contribution in [0.1, 0.15) is 114 Å². The second-order valence-corrected chi connectivity index (χ2v) is 24.2. The zero-order valence-corrected chi connectivity index (χ0v) is 43.1. The molecule has 2 atom stereocenters. The first-order valence-corrected chi connectivity index (χ1v) is 25.6. The normalized spacial score (nSPS) is 19.0. The maximum Gasteiger partial charge on any atom is 0.252 e. The van der Waals surface area contributed by atoms with Gasteiger partial charge in [-0.25, -0.2) is 0 Å². The Kier molecular flexibility index (Phi) is 9.75. The zero-order chi connectivity index (χ0) is 48.7.